The number of piperidine rings is 1. The highest BCUT2D eigenvalue weighted by atomic mass is 16.2. The van der Waals surface area contributed by atoms with Crippen molar-refractivity contribution in [1.82, 2.24) is 19.9 Å². The molecular weight excluding hydrogens is 362 g/mol. The predicted octanol–water partition coefficient (Wildman–Crippen LogP) is 3.21. The Bertz CT molecular complexity index is 1090. The monoisotopic (exact) mass is 387 g/mol. The van der Waals surface area contributed by atoms with Crippen LogP contribution in [0.5, 0.6) is 0 Å². The van der Waals surface area contributed by atoms with Crippen molar-refractivity contribution < 1.29 is 4.79 Å². The van der Waals surface area contributed by atoms with Gasteiger partial charge in [-0.25, -0.2) is 9.97 Å². The van der Waals surface area contributed by atoms with Gasteiger partial charge in [0, 0.05) is 55.9 Å². The summed E-state index contributed by atoms with van der Waals surface area (Å²) in [7, 11) is 3.93. The number of hydrogen-bond donors (Lipinski definition) is 0. The number of nitrogens with zero attached hydrogens (tertiary/aromatic N) is 5. The molecule has 0 saturated carbocycles. The first-order chi connectivity index (χ1) is 14.1. The molecule has 1 amide bonds. The normalized spacial score (nSPS) is 20.8. The van der Waals surface area contributed by atoms with E-state index >= 15 is 0 Å². The summed E-state index contributed by atoms with van der Waals surface area (Å²) in [6, 6.07) is 9.70. The molecule has 1 fully saturated rings. The highest BCUT2D eigenvalue weighted by Crippen LogP contribution is 2.44. The van der Waals surface area contributed by atoms with Crippen molar-refractivity contribution in [2.75, 3.05) is 32.1 Å². The third kappa shape index (κ3) is 3.03. The number of likely N-dealkylation sites (tertiary alicyclic amines) is 1. The third-order valence-electron chi connectivity index (χ3n) is 6.34. The Hall–Kier alpha value is -3.02. The number of hydrogen-bond acceptors (Lipinski definition) is 5. The van der Waals surface area contributed by atoms with Gasteiger partial charge in [-0.3, -0.25) is 9.78 Å². The Kier molecular flexibility index (Phi) is 4.23. The lowest BCUT2D eigenvalue weighted by Gasteiger charge is -2.40. The zero-order chi connectivity index (χ0) is 20.0. The minimum atomic E-state index is -0.0463. The van der Waals surface area contributed by atoms with E-state index in [1.165, 1.54) is 5.56 Å². The Morgan fingerprint density at radius 2 is 2.07 bits per heavy atom. The van der Waals surface area contributed by atoms with Crippen molar-refractivity contribution >= 4 is 22.8 Å². The molecule has 1 aliphatic carbocycles. The third-order valence-corrected chi connectivity index (χ3v) is 6.34. The van der Waals surface area contributed by atoms with E-state index in [9.17, 15) is 4.79 Å². The van der Waals surface area contributed by atoms with Crippen LogP contribution < -0.4 is 4.90 Å². The molecule has 1 spiro atoms. The van der Waals surface area contributed by atoms with E-state index in [-0.39, 0.29) is 11.3 Å². The maximum absolute atomic E-state index is 13.3. The summed E-state index contributed by atoms with van der Waals surface area (Å²) in [5.41, 5.74) is 3.99. The molecule has 5 rings (SSSR count). The van der Waals surface area contributed by atoms with Crippen LogP contribution in [0, 0.1) is 0 Å². The smallest absolute Gasteiger partial charge is 0.253 e. The molecule has 3 aromatic rings. The summed E-state index contributed by atoms with van der Waals surface area (Å²) < 4.78 is 0. The number of carbonyl (C=O) groups excluding carboxylic acids is 1. The van der Waals surface area contributed by atoms with E-state index in [1.54, 1.807) is 6.20 Å². The lowest BCUT2D eigenvalue weighted by molar-refractivity contribution is 0.0633. The van der Waals surface area contributed by atoms with E-state index in [0.717, 1.165) is 66.9 Å². The van der Waals surface area contributed by atoms with Crippen molar-refractivity contribution in [1.29, 1.82) is 0 Å². The number of pyridine rings is 1. The minimum Gasteiger partial charge on any atom is -0.347 e. The molecule has 1 unspecified atom stereocenters. The zero-order valence-corrected chi connectivity index (χ0v) is 16.9. The van der Waals surface area contributed by atoms with E-state index in [0.29, 0.717) is 0 Å². The molecule has 6 nitrogen and oxygen atoms in total. The molecule has 0 N–H and O–H groups in total. The van der Waals surface area contributed by atoms with Crippen LogP contribution in [0.2, 0.25) is 0 Å². The number of fused-ring (bicyclic) bond motifs is 3. The highest BCUT2D eigenvalue weighted by Gasteiger charge is 2.45. The van der Waals surface area contributed by atoms with Crippen LogP contribution >= 0.6 is 0 Å². The number of rotatable bonds is 2. The van der Waals surface area contributed by atoms with Crippen LogP contribution in [-0.4, -0.2) is 52.9 Å². The predicted molar refractivity (Wildman–Crippen MR) is 113 cm³/mol. The molecule has 1 saturated heterocycles. The maximum atomic E-state index is 13.3. The largest absolute Gasteiger partial charge is 0.347 e. The highest BCUT2D eigenvalue weighted by molar-refractivity contribution is 5.98. The summed E-state index contributed by atoms with van der Waals surface area (Å²) >= 11 is 0. The van der Waals surface area contributed by atoms with Gasteiger partial charge in [0.1, 0.15) is 0 Å². The van der Waals surface area contributed by atoms with E-state index in [4.69, 9.17) is 4.98 Å². The number of anilines is 1. The number of carbonyl (C=O) groups is 1. The van der Waals surface area contributed by atoms with Gasteiger partial charge < -0.3 is 9.80 Å². The summed E-state index contributed by atoms with van der Waals surface area (Å²) in [6.07, 6.45) is 7.87. The van der Waals surface area contributed by atoms with Gasteiger partial charge in [0.05, 0.1) is 11.2 Å². The first kappa shape index (κ1) is 18.0. The van der Waals surface area contributed by atoms with Gasteiger partial charge >= 0.3 is 0 Å². The van der Waals surface area contributed by atoms with Crippen LogP contribution in [0.25, 0.3) is 10.9 Å². The lowest BCUT2D eigenvalue weighted by Crippen LogP contribution is -2.48. The van der Waals surface area contributed by atoms with Crippen LogP contribution in [0.15, 0.2) is 42.7 Å². The average Bonchev–Trinajstić information content (AvgIpc) is 3.10. The number of aromatic nitrogens is 3. The van der Waals surface area contributed by atoms with Crippen molar-refractivity contribution in [2.45, 2.75) is 31.1 Å². The van der Waals surface area contributed by atoms with Gasteiger partial charge in [-0.2, -0.15) is 0 Å². The fourth-order valence-corrected chi connectivity index (χ4v) is 4.84. The summed E-state index contributed by atoms with van der Waals surface area (Å²) in [4.78, 5) is 31.1. The molecule has 3 heterocycles. The number of aryl methyl sites for hydroxylation is 1. The van der Waals surface area contributed by atoms with Gasteiger partial charge in [-0.05, 0) is 55.5 Å². The molecule has 148 valence electrons. The van der Waals surface area contributed by atoms with Crippen molar-refractivity contribution in [2.24, 2.45) is 0 Å². The Morgan fingerprint density at radius 1 is 1.17 bits per heavy atom. The van der Waals surface area contributed by atoms with Gasteiger partial charge in [0.15, 0.2) is 0 Å². The topological polar surface area (TPSA) is 62.2 Å². The molecule has 2 aromatic heterocycles. The van der Waals surface area contributed by atoms with Gasteiger partial charge in [-0.1, -0.05) is 6.07 Å². The molecule has 1 aromatic carbocycles. The lowest BCUT2D eigenvalue weighted by atomic mass is 9.77. The van der Waals surface area contributed by atoms with Crippen LogP contribution in [0.1, 0.15) is 40.9 Å². The second-order valence-electron chi connectivity index (χ2n) is 8.46. The van der Waals surface area contributed by atoms with E-state index in [1.807, 2.05) is 60.4 Å². The van der Waals surface area contributed by atoms with Crippen molar-refractivity contribution in [3.8, 4) is 0 Å². The molecule has 0 bridgehead atoms. The van der Waals surface area contributed by atoms with Crippen LogP contribution in [0.3, 0.4) is 0 Å². The second-order valence-corrected chi connectivity index (χ2v) is 8.46. The van der Waals surface area contributed by atoms with Gasteiger partial charge in [0.25, 0.3) is 5.91 Å². The van der Waals surface area contributed by atoms with Gasteiger partial charge in [0.2, 0.25) is 5.95 Å². The zero-order valence-electron chi connectivity index (χ0n) is 16.9. The average molecular weight is 387 g/mol. The number of amides is 1. The van der Waals surface area contributed by atoms with Crippen LogP contribution in [-0.2, 0) is 11.8 Å². The Morgan fingerprint density at radius 3 is 2.93 bits per heavy atom. The number of benzene rings is 1. The summed E-state index contributed by atoms with van der Waals surface area (Å²) in [6.45, 7) is 1.53. The molecule has 1 atom stereocenters. The molecule has 29 heavy (non-hydrogen) atoms. The molecule has 1 aliphatic heterocycles. The molecule has 2 aliphatic rings. The van der Waals surface area contributed by atoms with E-state index in [2.05, 4.69) is 9.97 Å². The Balaban J connectivity index is 1.45. The fourth-order valence-electron chi connectivity index (χ4n) is 4.84. The van der Waals surface area contributed by atoms with Crippen molar-refractivity contribution in [3.05, 3.63) is 59.5 Å². The molecular formula is C23H25N5O. The SMILES string of the molecule is CN(C)c1ncc2c(n1)C1(CCCN(C(=O)c3ccc4ncccc4c3)C1)CC2. The molecule has 6 heteroatoms. The second kappa shape index (κ2) is 6.79. The van der Waals surface area contributed by atoms with E-state index < -0.39 is 0 Å². The maximum Gasteiger partial charge on any atom is 0.253 e. The first-order valence-corrected chi connectivity index (χ1v) is 10.2. The summed E-state index contributed by atoms with van der Waals surface area (Å²) in [5.74, 6) is 0.848. The van der Waals surface area contributed by atoms with Gasteiger partial charge in [-0.15, -0.1) is 0 Å². The first-order valence-electron chi connectivity index (χ1n) is 10.2. The quantitative estimate of drug-likeness (QED) is 0.676. The summed E-state index contributed by atoms with van der Waals surface area (Å²) in [5, 5.41) is 1.000. The minimum absolute atomic E-state index is 0.0463. The standard InChI is InChI=1S/C23H25N5O/c1-27(2)22-25-14-18-8-10-23(20(18)26-22)9-4-12-28(15-23)21(29)17-6-7-19-16(13-17)5-3-11-24-19/h3,5-7,11,13-14H,4,8-10,12,15H2,1-2H3. The fraction of sp³-hybridized carbons (Fsp3) is 0.391. The van der Waals surface area contributed by atoms with Crippen LogP contribution in [0.4, 0.5) is 5.95 Å². The Labute approximate surface area is 170 Å². The molecule has 0 radical (unpaired) electrons. The van der Waals surface area contributed by atoms with Crippen molar-refractivity contribution in [3.63, 3.8) is 0 Å².